The van der Waals surface area contributed by atoms with Gasteiger partial charge in [0.2, 0.25) is 5.88 Å². The molecule has 0 saturated carbocycles. The summed E-state index contributed by atoms with van der Waals surface area (Å²) in [7, 11) is 0. The second-order valence-corrected chi connectivity index (χ2v) is 8.83. The first-order valence-corrected chi connectivity index (χ1v) is 12.4. The Bertz CT molecular complexity index is 671. The molecule has 0 aromatic heterocycles. The lowest BCUT2D eigenvalue weighted by Crippen LogP contribution is -2.21. The fraction of sp³-hybridized carbons (Fsp3) is 0.615. The van der Waals surface area contributed by atoms with Crippen molar-refractivity contribution < 1.29 is 4.74 Å². The van der Waals surface area contributed by atoms with Crippen molar-refractivity contribution in [2.45, 2.75) is 90.4 Å². The number of unbranched alkanes of at least 4 members (excludes halogenated alkanes) is 11. The quantitative estimate of drug-likeness (QED) is 0.269. The molecule has 2 rings (SSSR count). The van der Waals surface area contributed by atoms with Gasteiger partial charge in [0.25, 0.3) is 0 Å². The SMILES string of the molecule is C=C(C=C1Oc2ccc(Cl)cc2N1CCCCCCCCCCCCCCN)CC. The molecule has 0 aliphatic carbocycles. The van der Waals surface area contributed by atoms with Gasteiger partial charge in [0.15, 0.2) is 5.75 Å². The molecule has 1 aliphatic heterocycles. The summed E-state index contributed by atoms with van der Waals surface area (Å²) in [6.45, 7) is 8.02. The maximum atomic E-state index is 6.23. The number of hydrogen-bond acceptors (Lipinski definition) is 3. The standard InChI is InChI=1S/C26H41ClN2O/c1-3-22(2)20-26-29(24-21-23(27)16-17-25(24)30-26)19-15-13-11-9-7-5-4-6-8-10-12-14-18-28/h16-17,20-21H,2-15,18-19,28H2,1H3. The van der Waals surface area contributed by atoms with Crippen LogP contribution in [0.5, 0.6) is 5.75 Å². The molecule has 4 heteroatoms. The maximum absolute atomic E-state index is 6.23. The summed E-state index contributed by atoms with van der Waals surface area (Å²) in [6, 6.07) is 5.84. The monoisotopic (exact) mass is 432 g/mol. The zero-order valence-electron chi connectivity index (χ0n) is 18.9. The minimum Gasteiger partial charge on any atom is -0.439 e. The number of rotatable bonds is 16. The van der Waals surface area contributed by atoms with E-state index < -0.39 is 0 Å². The Morgan fingerprint density at radius 2 is 1.53 bits per heavy atom. The van der Waals surface area contributed by atoms with E-state index in [1.54, 1.807) is 0 Å². The van der Waals surface area contributed by atoms with Crippen molar-refractivity contribution >= 4 is 17.3 Å². The van der Waals surface area contributed by atoms with E-state index in [1.165, 1.54) is 70.6 Å². The highest BCUT2D eigenvalue weighted by molar-refractivity contribution is 6.31. The second-order valence-electron chi connectivity index (χ2n) is 8.39. The summed E-state index contributed by atoms with van der Waals surface area (Å²) in [5.41, 5.74) is 7.68. The van der Waals surface area contributed by atoms with Crippen LogP contribution in [-0.2, 0) is 0 Å². The summed E-state index contributed by atoms with van der Waals surface area (Å²) in [4.78, 5) is 2.26. The molecule has 2 N–H and O–H groups in total. The number of allylic oxidation sites excluding steroid dienone is 2. The van der Waals surface area contributed by atoms with E-state index in [9.17, 15) is 0 Å². The Morgan fingerprint density at radius 3 is 2.10 bits per heavy atom. The van der Waals surface area contributed by atoms with Crippen molar-refractivity contribution in [3.05, 3.63) is 47.3 Å². The van der Waals surface area contributed by atoms with Crippen LogP contribution in [0.2, 0.25) is 5.02 Å². The van der Waals surface area contributed by atoms with Gasteiger partial charge in [0, 0.05) is 17.6 Å². The van der Waals surface area contributed by atoms with Crippen molar-refractivity contribution in [1.29, 1.82) is 0 Å². The van der Waals surface area contributed by atoms with Crippen LogP contribution in [0.1, 0.15) is 90.4 Å². The summed E-state index contributed by atoms with van der Waals surface area (Å²) in [5.74, 6) is 1.77. The number of hydrogen-bond donors (Lipinski definition) is 1. The number of benzene rings is 1. The van der Waals surface area contributed by atoms with Gasteiger partial charge in [-0.2, -0.15) is 0 Å². The summed E-state index contributed by atoms with van der Waals surface area (Å²) in [5, 5.41) is 0.747. The van der Waals surface area contributed by atoms with E-state index >= 15 is 0 Å². The van der Waals surface area contributed by atoms with Gasteiger partial charge in [0.05, 0.1) is 5.69 Å². The average molecular weight is 433 g/mol. The van der Waals surface area contributed by atoms with Crippen LogP contribution in [0.4, 0.5) is 5.69 Å². The van der Waals surface area contributed by atoms with Gasteiger partial charge >= 0.3 is 0 Å². The third-order valence-electron chi connectivity index (χ3n) is 5.81. The van der Waals surface area contributed by atoms with E-state index in [4.69, 9.17) is 22.1 Å². The molecule has 1 aromatic rings. The molecule has 1 aliphatic rings. The van der Waals surface area contributed by atoms with Gasteiger partial charge in [0.1, 0.15) is 0 Å². The first kappa shape index (κ1) is 24.8. The number of anilines is 1. The van der Waals surface area contributed by atoms with E-state index in [1.807, 2.05) is 18.2 Å². The Balaban J connectivity index is 1.64. The number of ether oxygens (including phenoxy) is 1. The highest BCUT2D eigenvalue weighted by Gasteiger charge is 2.26. The Morgan fingerprint density at radius 1 is 0.967 bits per heavy atom. The highest BCUT2D eigenvalue weighted by atomic mass is 35.5. The zero-order chi connectivity index (χ0) is 21.6. The second kappa shape index (κ2) is 14.5. The molecule has 0 radical (unpaired) electrons. The molecule has 0 unspecified atom stereocenters. The minimum atomic E-state index is 0.747. The van der Waals surface area contributed by atoms with E-state index in [0.717, 1.165) is 53.8 Å². The van der Waals surface area contributed by atoms with Crippen LogP contribution >= 0.6 is 11.6 Å². The molecule has 30 heavy (non-hydrogen) atoms. The van der Waals surface area contributed by atoms with Crippen LogP contribution in [0, 0.1) is 0 Å². The predicted molar refractivity (Wildman–Crippen MR) is 131 cm³/mol. The first-order valence-electron chi connectivity index (χ1n) is 12.0. The molecule has 0 bridgehead atoms. The van der Waals surface area contributed by atoms with Crippen molar-refractivity contribution in [3.8, 4) is 5.75 Å². The van der Waals surface area contributed by atoms with Crippen LogP contribution in [0.15, 0.2) is 42.3 Å². The van der Waals surface area contributed by atoms with Crippen LogP contribution in [0.25, 0.3) is 0 Å². The average Bonchev–Trinajstić information content (AvgIpc) is 3.07. The van der Waals surface area contributed by atoms with Crippen molar-refractivity contribution in [2.75, 3.05) is 18.0 Å². The molecule has 1 heterocycles. The lowest BCUT2D eigenvalue weighted by atomic mass is 10.1. The Kier molecular flexibility index (Phi) is 12.0. The third-order valence-corrected chi connectivity index (χ3v) is 6.05. The molecule has 0 atom stereocenters. The summed E-state index contributed by atoms with van der Waals surface area (Å²) >= 11 is 6.23. The van der Waals surface area contributed by atoms with Crippen molar-refractivity contribution in [3.63, 3.8) is 0 Å². The maximum Gasteiger partial charge on any atom is 0.200 e. The molecule has 3 nitrogen and oxygen atoms in total. The van der Waals surface area contributed by atoms with Gasteiger partial charge in [-0.15, -0.1) is 0 Å². The smallest absolute Gasteiger partial charge is 0.200 e. The van der Waals surface area contributed by atoms with E-state index in [0.29, 0.717) is 0 Å². The molecule has 0 amide bonds. The molecule has 1 aromatic carbocycles. The normalized spacial score (nSPS) is 14.2. The summed E-state index contributed by atoms with van der Waals surface area (Å²) in [6.07, 6.45) is 18.8. The molecule has 0 fully saturated rings. The van der Waals surface area contributed by atoms with Gasteiger partial charge < -0.3 is 15.4 Å². The van der Waals surface area contributed by atoms with Crippen LogP contribution in [-0.4, -0.2) is 13.1 Å². The van der Waals surface area contributed by atoms with Crippen molar-refractivity contribution in [1.82, 2.24) is 0 Å². The van der Waals surface area contributed by atoms with E-state index in [-0.39, 0.29) is 0 Å². The molecule has 0 saturated heterocycles. The number of nitrogens with zero attached hydrogens (tertiary/aromatic N) is 1. The number of nitrogens with two attached hydrogens (primary N) is 1. The lowest BCUT2D eigenvalue weighted by Gasteiger charge is -2.18. The minimum absolute atomic E-state index is 0.747. The lowest BCUT2D eigenvalue weighted by molar-refractivity contribution is 0.435. The fourth-order valence-electron chi connectivity index (χ4n) is 3.87. The number of halogens is 1. The Hall–Kier alpha value is -1.45. The zero-order valence-corrected chi connectivity index (χ0v) is 19.7. The van der Waals surface area contributed by atoms with Crippen LogP contribution in [0.3, 0.4) is 0 Å². The Labute approximate surface area is 189 Å². The number of fused-ring (bicyclic) bond motifs is 1. The third kappa shape index (κ3) is 8.73. The molecular weight excluding hydrogens is 392 g/mol. The molecule has 0 spiro atoms. The summed E-state index contributed by atoms with van der Waals surface area (Å²) < 4.78 is 6.07. The molecular formula is C26H41ClN2O. The molecule has 168 valence electrons. The van der Waals surface area contributed by atoms with Gasteiger partial charge in [-0.25, -0.2) is 0 Å². The predicted octanol–water partition coefficient (Wildman–Crippen LogP) is 7.99. The van der Waals surface area contributed by atoms with E-state index in [2.05, 4.69) is 24.5 Å². The fourth-order valence-corrected chi connectivity index (χ4v) is 4.04. The van der Waals surface area contributed by atoms with Gasteiger partial charge in [-0.05, 0) is 44.0 Å². The van der Waals surface area contributed by atoms with Gasteiger partial charge in [-0.1, -0.05) is 94.9 Å². The van der Waals surface area contributed by atoms with Crippen LogP contribution < -0.4 is 15.4 Å². The largest absolute Gasteiger partial charge is 0.439 e. The highest BCUT2D eigenvalue weighted by Crippen LogP contribution is 2.41. The van der Waals surface area contributed by atoms with Gasteiger partial charge in [-0.3, -0.25) is 0 Å². The topological polar surface area (TPSA) is 38.5 Å². The first-order chi connectivity index (χ1) is 14.7. The van der Waals surface area contributed by atoms with Crippen molar-refractivity contribution in [2.24, 2.45) is 5.73 Å².